The lowest BCUT2D eigenvalue weighted by Gasteiger charge is -2.16. The summed E-state index contributed by atoms with van der Waals surface area (Å²) in [5, 5.41) is 11.4. The van der Waals surface area contributed by atoms with Gasteiger partial charge >= 0.3 is 5.97 Å². The van der Waals surface area contributed by atoms with Crippen LogP contribution in [0.3, 0.4) is 0 Å². The van der Waals surface area contributed by atoms with Gasteiger partial charge in [0.15, 0.2) is 0 Å². The van der Waals surface area contributed by atoms with Crippen molar-refractivity contribution in [3.8, 4) is 0 Å². The van der Waals surface area contributed by atoms with Gasteiger partial charge in [0.05, 0.1) is 6.42 Å². The first-order chi connectivity index (χ1) is 10.1. The topological polar surface area (TPSA) is 66.4 Å². The van der Waals surface area contributed by atoms with Gasteiger partial charge in [-0.25, -0.2) is 0 Å². The lowest BCUT2D eigenvalue weighted by Crippen LogP contribution is -2.26. The summed E-state index contributed by atoms with van der Waals surface area (Å²) in [5.74, 6) is -0.767. The summed E-state index contributed by atoms with van der Waals surface area (Å²) < 4.78 is 0. The van der Waals surface area contributed by atoms with Gasteiger partial charge in [-0.15, -0.1) is 0 Å². The average Bonchev–Trinajstić information content (AvgIpc) is 2.46. The van der Waals surface area contributed by atoms with E-state index in [1.807, 2.05) is 6.07 Å². The second-order valence-electron chi connectivity index (χ2n) is 5.69. The lowest BCUT2D eigenvalue weighted by atomic mass is 9.90. The highest BCUT2D eigenvalue weighted by Gasteiger charge is 2.11. The predicted octanol–water partition coefficient (Wildman–Crippen LogP) is 2.48. The fraction of sp³-hybridized carbons (Fsp3) is 0.529. The summed E-state index contributed by atoms with van der Waals surface area (Å²) in [6.07, 6.45) is 6.68. The van der Waals surface area contributed by atoms with Crippen molar-refractivity contribution in [3.05, 3.63) is 34.9 Å². The van der Waals surface area contributed by atoms with E-state index < -0.39 is 5.97 Å². The van der Waals surface area contributed by atoms with Gasteiger partial charge < -0.3 is 10.4 Å². The Morgan fingerprint density at radius 1 is 1.10 bits per heavy atom. The van der Waals surface area contributed by atoms with Gasteiger partial charge in [0.1, 0.15) is 0 Å². The Hall–Kier alpha value is -1.84. The largest absolute Gasteiger partial charge is 0.481 e. The highest BCUT2D eigenvalue weighted by Crippen LogP contribution is 2.22. The van der Waals surface area contributed by atoms with Crippen molar-refractivity contribution < 1.29 is 14.7 Å². The van der Waals surface area contributed by atoms with Crippen LogP contribution in [-0.4, -0.2) is 23.5 Å². The number of rotatable bonds is 7. The molecule has 0 saturated heterocycles. The van der Waals surface area contributed by atoms with Crippen molar-refractivity contribution in [2.75, 3.05) is 6.54 Å². The van der Waals surface area contributed by atoms with Gasteiger partial charge in [-0.05, 0) is 55.2 Å². The van der Waals surface area contributed by atoms with Crippen LogP contribution in [0.2, 0.25) is 0 Å². The zero-order chi connectivity index (χ0) is 15.1. The number of carboxylic acids is 1. The van der Waals surface area contributed by atoms with E-state index in [0.717, 1.165) is 18.4 Å². The number of carbonyl (C=O) groups excluding carboxylic acids is 1. The van der Waals surface area contributed by atoms with E-state index in [1.54, 1.807) is 0 Å². The molecule has 114 valence electrons. The molecule has 0 unspecified atom stereocenters. The van der Waals surface area contributed by atoms with Gasteiger partial charge in [0, 0.05) is 13.0 Å². The number of unbranched alkanes of at least 4 members (excludes halogenated alkanes) is 1. The minimum absolute atomic E-state index is 0.0149. The lowest BCUT2D eigenvalue weighted by molar-refractivity contribution is -0.137. The van der Waals surface area contributed by atoms with Crippen molar-refractivity contribution >= 4 is 11.9 Å². The first-order valence-corrected chi connectivity index (χ1v) is 7.74. The Morgan fingerprint density at radius 2 is 1.86 bits per heavy atom. The van der Waals surface area contributed by atoms with Gasteiger partial charge in [0.25, 0.3) is 0 Å². The number of aliphatic carboxylic acids is 1. The Bertz CT molecular complexity index is 511. The number of aryl methyl sites for hydroxylation is 2. The number of hydrogen-bond donors (Lipinski definition) is 2. The molecule has 1 aromatic carbocycles. The van der Waals surface area contributed by atoms with Crippen LogP contribution in [0.5, 0.6) is 0 Å². The second kappa shape index (κ2) is 7.81. The third-order valence-corrected chi connectivity index (χ3v) is 3.92. The van der Waals surface area contributed by atoms with Crippen LogP contribution in [0.4, 0.5) is 0 Å². The Morgan fingerprint density at radius 3 is 2.62 bits per heavy atom. The summed E-state index contributed by atoms with van der Waals surface area (Å²) in [6, 6.07) is 6.37. The number of benzene rings is 1. The third-order valence-electron chi connectivity index (χ3n) is 3.92. The molecule has 0 saturated carbocycles. The number of carbonyl (C=O) groups is 2. The van der Waals surface area contributed by atoms with E-state index >= 15 is 0 Å². The minimum Gasteiger partial charge on any atom is -0.481 e. The van der Waals surface area contributed by atoms with Gasteiger partial charge in [0.2, 0.25) is 5.91 Å². The molecule has 0 fully saturated rings. The molecule has 1 amide bonds. The standard InChI is InChI=1S/C17H23NO3/c19-16(18-10-4-3-7-17(20)21)12-13-8-9-14-5-1-2-6-15(14)11-13/h8-9,11H,1-7,10,12H2,(H,18,19)(H,20,21). The first kappa shape index (κ1) is 15.5. The molecule has 2 N–H and O–H groups in total. The van der Waals surface area contributed by atoms with Crippen LogP contribution >= 0.6 is 0 Å². The molecular formula is C17H23NO3. The Labute approximate surface area is 125 Å². The monoisotopic (exact) mass is 289 g/mol. The smallest absolute Gasteiger partial charge is 0.303 e. The summed E-state index contributed by atoms with van der Waals surface area (Å²) in [5.41, 5.74) is 3.89. The molecule has 0 bridgehead atoms. The molecule has 4 nitrogen and oxygen atoms in total. The molecule has 4 heteroatoms. The fourth-order valence-electron chi connectivity index (χ4n) is 2.77. The zero-order valence-electron chi connectivity index (χ0n) is 12.4. The van der Waals surface area contributed by atoms with E-state index in [-0.39, 0.29) is 12.3 Å². The van der Waals surface area contributed by atoms with Crippen molar-refractivity contribution in [2.24, 2.45) is 0 Å². The number of nitrogens with one attached hydrogen (secondary N) is 1. The quantitative estimate of drug-likeness (QED) is 0.758. The summed E-state index contributed by atoms with van der Waals surface area (Å²) in [7, 11) is 0. The molecule has 0 atom stereocenters. The summed E-state index contributed by atoms with van der Waals surface area (Å²) in [4.78, 5) is 22.2. The molecule has 0 heterocycles. The van der Waals surface area contributed by atoms with Crippen LogP contribution in [-0.2, 0) is 28.9 Å². The highest BCUT2D eigenvalue weighted by atomic mass is 16.4. The Balaban J connectivity index is 1.73. The van der Waals surface area contributed by atoms with Crippen molar-refractivity contribution in [1.82, 2.24) is 5.32 Å². The Kier molecular flexibility index (Phi) is 5.78. The highest BCUT2D eigenvalue weighted by molar-refractivity contribution is 5.78. The minimum atomic E-state index is -0.782. The molecule has 0 aromatic heterocycles. The van der Waals surface area contributed by atoms with Gasteiger partial charge in [-0.2, -0.15) is 0 Å². The van der Waals surface area contributed by atoms with Crippen molar-refractivity contribution in [3.63, 3.8) is 0 Å². The van der Waals surface area contributed by atoms with E-state index in [1.165, 1.54) is 24.0 Å². The van der Waals surface area contributed by atoms with Gasteiger partial charge in [-0.1, -0.05) is 18.2 Å². The summed E-state index contributed by atoms with van der Waals surface area (Å²) >= 11 is 0. The molecule has 2 rings (SSSR count). The predicted molar refractivity (Wildman–Crippen MR) is 81.3 cm³/mol. The van der Waals surface area contributed by atoms with E-state index in [0.29, 0.717) is 25.8 Å². The zero-order valence-corrected chi connectivity index (χ0v) is 12.4. The second-order valence-corrected chi connectivity index (χ2v) is 5.69. The number of hydrogen-bond acceptors (Lipinski definition) is 2. The van der Waals surface area contributed by atoms with Crippen LogP contribution < -0.4 is 5.32 Å². The molecule has 1 aliphatic rings. The molecule has 0 radical (unpaired) electrons. The van der Waals surface area contributed by atoms with Crippen LogP contribution in [0.1, 0.15) is 48.8 Å². The number of fused-ring (bicyclic) bond motifs is 1. The van der Waals surface area contributed by atoms with E-state index in [2.05, 4.69) is 17.4 Å². The number of amides is 1. The molecule has 21 heavy (non-hydrogen) atoms. The van der Waals surface area contributed by atoms with E-state index in [4.69, 9.17) is 5.11 Å². The normalized spacial score (nSPS) is 13.5. The molecule has 1 aliphatic carbocycles. The van der Waals surface area contributed by atoms with Crippen LogP contribution in [0, 0.1) is 0 Å². The molecule has 1 aromatic rings. The maximum Gasteiger partial charge on any atom is 0.303 e. The number of carboxylic acid groups (broad SMARTS) is 1. The molecular weight excluding hydrogens is 266 g/mol. The first-order valence-electron chi connectivity index (χ1n) is 7.74. The van der Waals surface area contributed by atoms with Crippen LogP contribution in [0.25, 0.3) is 0 Å². The van der Waals surface area contributed by atoms with Crippen molar-refractivity contribution in [2.45, 2.75) is 51.4 Å². The maximum atomic E-state index is 11.9. The van der Waals surface area contributed by atoms with Crippen LogP contribution in [0.15, 0.2) is 18.2 Å². The SMILES string of the molecule is O=C(O)CCCCNC(=O)Cc1ccc2c(c1)CCCC2. The maximum absolute atomic E-state index is 11.9. The van der Waals surface area contributed by atoms with Crippen molar-refractivity contribution in [1.29, 1.82) is 0 Å². The molecule has 0 spiro atoms. The molecule has 0 aliphatic heterocycles. The van der Waals surface area contributed by atoms with E-state index in [9.17, 15) is 9.59 Å². The third kappa shape index (κ3) is 5.21. The fourth-order valence-corrected chi connectivity index (χ4v) is 2.77. The summed E-state index contributed by atoms with van der Waals surface area (Å²) in [6.45, 7) is 0.553. The van der Waals surface area contributed by atoms with Gasteiger partial charge in [-0.3, -0.25) is 9.59 Å². The average molecular weight is 289 g/mol.